The molecule has 2 nitrogen and oxygen atoms in total. The van der Waals surface area contributed by atoms with Crippen LogP contribution in [-0.2, 0) is 6.42 Å². The Kier molecular flexibility index (Phi) is 4.51. The van der Waals surface area contributed by atoms with Crippen molar-refractivity contribution in [3.8, 4) is 0 Å². The summed E-state index contributed by atoms with van der Waals surface area (Å²) in [6.07, 6.45) is 3.51. The van der Waals surface area contributed by atoms with E-state index in [1.54, 1.807) is 0 Å². The molecule has 2 heteroatoms. The summed E-state index contributed by atoms with van der Waals surface area (Å²) >= 11 is 0. The molecule has 2 aromatic rings. The van der Waals surface area contributed by atoms with Crippen LogP contribution in [0, 0.1) is 0 Å². The van der Waals surface area contributed by atoms with E-state index in [2.05, 4.69) is 47.6 Å². The van der Waals surface area contributed by atoms with Crippen LogP contribution in [0.2, 0.25) is 0 Å². The second-order valence-electron chi connectivity index (χ2n) is 4.31. The number of hydrogen-bond donors (Lipinski definition) is 1. The van der Waals surface area contributed by atoms with Crippen molar-refractivity contribution in [1.82, 2.24) is 10.3 Å². The van der Waals surface area contributed by atoms with Gasteiger partial charge >= 0.3 is 0 Å². The van der Waals surface area contributed by atoms with Gasteiger partial charge in [-0.2, -0.15) is 0 Å². The lowest BCUT2D eigenvalue weighted by Crippen LogP contribution is -2.13. The Bertz CT molecular complexity index is 465. The Morgan fingerprint density at radius 2 is 1.94 bits per heavy atom. The number of fused-ring (bicyclic) bond motifs is 1. The monoisotopic (exact) mass is 228 g/mol. The van der Waals surface area contributed by atoms with E-state index in [-0.39, 0.29) is 0 Å². The van der Waals surface area contributed by atoms with E-state index in [1.165, 1.54) is 23.9 Å². The van der Waals surface area contributed by atoms with Crippen LogP contribution in [0.15, 0.2) is 36.4 Å². The molecule has 0 unspecified atom stereocenters. The third-order valence-corrected chi connectivity index (χ3v) is 2.94. The van der Waals surface area contributed by atoms with E-state index in [0.29, 0.717) is 0 Å². The minimum absolute atomic E-state index is 1.06. The molecule has 0 amide bonds. The van der Waals surface area contributed by atoms with Gasteiger partial charge in [-0.15, -0.1) is 0 Å². The fourth-order valence-corrected chi connectivity index (χ4v) is 1.98. The van der Waals surface area contributed by atoms with E-state index >= 15 is 0 Å². The van der Waals surface area contributed by atoms with E-state index in [0.717, 1.165) is 25.0 Å². The zero-order valence-corrected chi connectivity index (χ0v) is 10.4. The van der Waals surface area contributed by atoms with Crippen LogP contribution in [0.3, 0.4) is 0 Å². The van der Waals surface area contributed by atoms with Crippen LogP contribution in [-0.4, -0.2) is 18.1 Å². The van der Waals surface area contributed by atoms with Gasteiger partial charge in [0.1, 0.15) is 0 Å². The number of nitrogens with zero attached hydrogens (tertiary/aromatic N) is 1. The fourth-order valence-electron chi connectivity index (χ4n) is 1.98. The lowest BCUT2D eigenvalue weighted by Gasteiger charge is -2.03. The van der Waals surface area contributed by atoms with Crippen molar-refractivity contribution in [2.45, 2.75) is 26.2 Å². The first-order chi connectivity index (χ1) is 8.40. The Hall–Kier alpha value is -1.41. The molecule has 0 saturated carbocycles. The quantitative estimate of drug-likeness (QED) is 0.768. The molecular formula is C15H20N2. The Morgan fingerprint density at radius 3 is 2.82 bits per heavy atom. The summed E-state index contributed by atoms with van der Waals surface area (Å²) in [4.78, 5) is 4.67. The van der Waals surface area contributed by atoms with E-state index in [1.807, 2.05) is 6.07 Å². The highest BCUT2D eigenvalue weighted by Crippen LogP contribution is 2.12. The molecule has 1 heterocycles. The summed E-state index contributed by atoms with van der Waals surface area (Å²) in [5.74, 6) is 0. The standard InChI is InChI=1S/C15H20N2/c1-2-16-12-6-5-8-14-11-10-13-7-3-4-9-15(13)17-14/h3-4,7,9-11,16H,2,5-6,8,12H2,1H3. The van der Waals surface area contributed by atoms with Crippen LogP contribution < -0.4 is 5.32 Å². The molecule has 90 valence electrons. The smallest absolute Gasteiger partial charge is 0.0705 e. The molecule has 1 aromatic carbocycles. The fraction of sp³-hybridized carbons (Fsp3) is 0.400. The van der Waals surface area contributed by atoms with E-state index < -0.39 is 0 Å². The number of unbranched alkanes of at least 4 members (excludes halogenated alkanes) is 1. The van der Waals surface area contributed by atoms with Crippen molar-refractivity contribution in [2.24, 2.45) is 0 Å². The first-order valence-corrected chi connectivity index (χ1v) is 6.45. The van der Waals surface area contributed by atoms with Crippen LogP contribution in [0.25, 0.3) is 10.9 Å². The van der Waals surface area contributed by atoms with Crippen molar-refractivity contribution in [3.63, 3.8) is 0 Å². The second-order valence-corrected chi connectivity index (χ2v) is 4.31. The molecule has 0 spiro atoms. The number of benzene rings is 1. The average Bonchev–Trinajstić information content (AvgIpc) is 2.38. The maximum Gasteiger partial charge on any atom is 0.0705 e. The molecule has 1 aromatic heterocycles. The van der Waals surface area contributed by atoms with Gasteiger partial charge < -0.3 is 5.32 Å². The zero-order valence-electron chi connectivity index (χ0n) is 10.4. The predicted octanol–water partition coefficient (Wildman–Crippen LogP) is 3.17. The number of rotatable bonds is 6. The Balaban J connectivity index is 1.90. The number of nitrogens with one attached hydrogen (secondary N) is 1. The van der Waals surface area contributed by atoms with Crippen molar-refractivity contribution < 1.29 is 0 Å². The molecule has 0 aliphatic heterocycles. The molecule has 0 aliphatic carbocycles. The molecule has 17 heavy (non-hydrogen) atoms. The van der Waals surface area contributed by atoms with Crippen LogP contribution in [0.5, 0.6) is 0 Å². The summed E-state index contributed by atoms with van der Waals surface area (Å²) in [5, 5.41) is 4.57. The van der Waals surface area contributed by atoms with E-state index in [4.69, 9.17) is 0 Å². The van der Waals surface area contributed by atoms with Gasteiger partial charge in [-0.05, 0) is 44.5 Å². The highest BCUT2D eigenvalue weighted by Gasteiger charge is 1.97. The molecule has 0 fully saturated rings. The maximum atomic E-state index is 4.67. The summed E-state index contributed by atoms with van der Waals surface area (Å²) in [6, 6.07) is 12.6. The lowest BCUT2D eigenvalue weighted by atomic mass is 10.1. The lowest BCUT2D eigenvalue weighted by molar-refractivity contribution is 0.637. The summed E-state index contributed by atoms with van der Waals surface area (Å²) < 4.78 is 0. The van der Waals surface area contributed by atoms with Gasteiger partial charge in [0.2, 0.25) is 0 Å². The van der Waals surface area contributed by atoms with E-state index in [9.17, 15) is 0 Å². The van der Waals surface area contributed by atoms with Crippen molar-refractivity contribution in [1.29, 1.82) is 0 Å². The predicted molar refractivity (Wildman–Crippen MR) is 73.2 cm³/mol. The van der Waals surface area contributed by atoms with Gasteiger partial charge in [-0.3, -0.25) is 4.98 Å². The minimum atomic E-state index is 1.06. The Morgan fingerprint density at radius 1 is 1.06 bits per heavy atom. The third kappa shape index (κ3) is 3.53. The van der Waals surface area contributed by atoms with Crippen LogP contribution >= 0.6 is 0 Å². The molecule has 2 rings (SSSR count). The number of aromatic nitrogens is 1. The molecule has 0 atom stereocenters. The van der Waals surface area contributed by atoms with Gasteiger partial charge in [-0.25, -0.2) is 0 Å². The SMILES string of the molecule is CCNCCCCc1ccc2ccccc2n1. The third-order valence-electron chi connectivity index (χ3n) is 2.94. The number of para-hydroxylation sites is 1. The maximum absolute atomic E-state index is 4.67. The van der Waals surface area contributed by atoms with Gasteiger partial charge in [0.05, 0.1) is 5.52 Å². The minimum Gasteiger partial charge on any atom is -0.317 e. The zero-order chi connectivity index (χ0) is 11.9. The summed E-state index contributed by atoms with van der Waals surface area (Å²) in [5.41, 5.74) is 2.32. The highest BCUT2D eigenvalue weighted by atomic mass is 14.8. The van der Waals surface area contributed by atoms with Gasteiger partial charge in [-0.1, -0.05) is 31.2 Å². The second kappa shape index (κ2) is 6.36. The average molecular weight is 228 g/mol. The van der Waals surface area contributed by atoms with Crippen molar-refractivity contribution in [2.75, 3.05) is 13.1 Å². The van der Waals surface area contributed by atoms with Gasteiger partial charge in [0, 0.05) is 11.1 Å². The summed E-state index contributed by atoms with van der Waals surface area (Å²) in [7, 11) is 0. The normalized spacial score (nSPS) is 10.9. The summed E-state index contributed by atoms with van der Waals surface area (Å²) in [6.45, 7) is 4.32. The topological polar surface area (TPSA) is 24.9 Å². The first kappa shape index (κ1) is 12.1. The first-order valence-electron chi connectivity index (χ1n) is 6.45. The molecule has 0 radical (unpaired) electrons. The largest absolute Gasteiger partial charge is 0.317 e. The molecule has 0 saturated heterocycles. The van der Waals surface area contributed by atoms with Gasteiger partial charge in [0.25, 0.3) is 0 Å². The van der Waals surface area contributed by atoms with Gasteiger partial charge in [0.15, 0.2) is 0 Å². The molecule has 0 aliphatic rings. The van der Waals surface area contributed by atoms with Crippen LogP contribution in [0.1, 0.15) is 25.5 Å². The number of aryl methyl sites for hydroxylation is 1. The highest BCUT2D eigenvalue weighted by molar-refractivity contribution is 5.78. The Labute approximate surface area is 103 Å². The molecule has 0 bridgehead atoms. The van der Waals surface area contributed by atoms with Crippen molar-refractivity contribution >= 4 is 10.9 Å². The number of hydrogen-bond acceptors (Lipinski definition) is 2. The molecular weight excluding hydrogens is 208 g/mol. The van der Waals surface area contributed by atoms with Crippen molar-refractivity contribution in [3.05, 3.63) is 42.1 Å². The molecule has 1 N–H and O–H groups in total. The van der Waals surface area contributed by atoms with Crippen LogP contribution in [0.4, 0.5) is 0 Å². The number of pyridine rings is 1.